The van der Waals surface area contributed by atoms with Gasteiger partial charge in [0, 0.05) is 6.54 Å². The first kappa shape index (κ1) is 13.6. The van der Waals surface area contributed by atoms with Crippen molar-refractivity contribution < 1.29 is 9.53 Å². The number of nitrogens with one attached hydrogen (secondary N) is 1. The van der Waals surface area contributed by atoms with Gasteiger partial charge in [-0.2, -0.15) is 0 Å². The van der Waals surface area contributed by atoms with Gasteiger partial charge in [-0.25, -0.2) is 4.79 Å². The molecule has 1 aromatic carbocycles. The molecule has 0 aliphatic heterocycles. The summed E-state index contributed by atoms with van der Waals surface area (Å²) in [4.78, 5) is 11.3. The molecule has 0 saturated heterocycles. The first-order valence-electron chi connectivity index (χ1n) is 5.99. The van der Waals surface area contributed by atoms with Crippen LogP contribution in [0.2, 0.25) is 0 Å². The number of benzene rings is 1. The average molecular weight is 235 g/mol. The lowest BCUT2D eigenvalue weighted by Gasteiger charge is -2.19. The molecule has 0 bridgehead atoms. The highest BCUT2D eigenvalue weighted by molar-refractivity contribution is 5.70. The fourth-order valence-electron chi connectivity index (χ4n) is 1.39. The number of ether oxygens (including phenoxy) is 1. The van der Waals surface area contributed by atoms with Crippen LogP contribution in [-0.2, 0) is 5.41 Å². The van der Waals surface area contributed by atoms with Crippen LogP contribution in [0.15, 0.2) is 24.3 Å². The third kappa shape index (κ3) is 4.47. The van der Waals surface area contributed by atoms with Crippen LogP contribution in [0.3, 0.4) is 0 Å². The zero-order valence-electron chi connectivity index (χ0n) is 11.0. The van der Waals surface area contributed by atoms with Gasteiger partial charge < -0.3 is 10.1 Å². The Morgan fingerprint density at radius 1 is 1.24 bits per heavy atom. The third-order valence-electron chi connectivity index (χ3n) is 2.45. The Labute approximate surface area is 103 Å². The molecule has 1 amide bonds. The van der Waals surface area contributed by atoms with E-state index in [2.05, 4.69) is 26.1 Å². The van der Waals surface area contributed by atoms with E-state index in [9.17, 15) is 4.79 Å². The smallest absolute Gasteiger partial charge is 0.410 e. The van der Waals surface area contributed by atoms with Crippen LogP contribution in [-0.4, -0.2) is 12.6 Å². The predicted molar refractivity (Wildman–Crippen MR) is 69.5 cm³/mol. The molecule has 1 aromatic rings. The second-order valence-corrected chi connectivity index (χ2v) is 5.09. The van der Waals surface area contributed by atoms with Crippen LogP contribution in [0.5, 0.6) is 5.75 Å². The molecule has 0 aromatic heterocycles. The highest BCUT2D eigenvalue weighted by Crippen LogP contribution is 2.24. The number of carbonyl (C=O) groups excluding carboxylic acids is 1. The molecule has 0 radical (unpaired) electrons. The van der Waals surface area contributed by atoms with Gasteiger partial charge in [-0.15, -0.1) is 0 Å². The van der Waals surface area contributed by atoms with E-state index < -0.39 is 6.09 Å². The summed E-state index contributed by atoms with van der Waals surface area (Å²) in [7, 11) is 0. The van der Waals surface area contributed by atoms with Gasteiger partial charge in [0.25, 0.3) is 0 Å². The third-order valence-corrected chi connectivity index (χ3v) is 2.45. The minimum absolute atomic E-state index is 0.114. The lowest BCUT2D eigenvalue weighted by atomic mass is 9.87. The maximum absolute atomic E-state index is 11.3. The van der Waals surface area contributed by atoms with Crippen molar-refractivity contribution >= 4 is 6.09 Å². The molecule has 0 unspecified atom stereocenters. The van der Waals surface area contributed by atoms with E-state index in [1.54, 1.807) is 0 Å². The van der Waals surface area contributed by atoms with Crippen molar-refractivity contribution in [3.05, 3.63) is 29.8 Å². The molecular weight excluding hydrogens is 214 g/mol. The minimum atomic E-state index is -0.393. The molecule has 0 aliphatic rings. The standard InChI is InChI=1S/C14H21NO2/c1-5-10-15-13(16)17-12-8-6-11(7-9-12)14(2,3)4/h6-9H,5,10H2,1-4H3,(H,15,16). The van der Waals surface area contributed by atoms with E-state index in [0.29, 0.717) is 12.3 Å². The molecule has 1 rings (SSSR count). The van der Waals surface area contributed by atoms with E-state index in [4.69, 9.17) is 4.74 Å². The van der Waals surface area contributed by atoms with Crippen molar-refractivity contribution in [1.82, 2.24) is 5.32 Å². The van der Waals surface area contributed by atoms with Crippen molar-refractivity contribution in [1.29, 1.82) is 0 Å². The van der Waals surface area contributed by atoms with Crippen LogP contribution in [0.4, 0.5) is 4.79 Å². The summed E-state index contributed by atoms with van der Waals surface area (Å²) in [6, 6.07) is 7.63. The summed E-state index contributed by atoms with van der Waals surface area (Å²) in [5.41, 5.74) is 1.34. The number of rotatable bonds is 3. The number of carbonyl (C=O) groups is 1. The fourth-order valence-corrected chi connectivity index (χ4v) is 1.39. The minimum Gasteiger partial charge on any atom is -0.410 e. The van der Waals surface area contributed by atoms with Gasteiger partial charge in [0.1, 0.15) is 5.75 Å². The van der Waals surface area contributed by atoms with Crippen LogP contribution in [0.25, 0.3) is 0 Å². The van der Waals surface area contributed by atoms with Crippen molar-refractivity contribution in [2.24, 2.45) is 0 Å². The first-order chi connectivity index (χ1) is 7.93. The lowest BCUT2D eigenvalue weighted by Crippen LogP contribution is -2.27. The SMILES string of the molecule is CCCNC(=O)Oc1ccc(C(C)(C)C)cc1. The van der Waals surface area contributed by atoms with E-state index in [-0.39, 0.29) is 5.41 Å². The number of amides is 1. The topological polar surface area (TPSA) is 38.3 Å². The Hall–Kier alpha value is -1.51. The second kappa shape index (κ2) is 5.71. The molecule has 94 valence electrons. The molecule has 3 nitrogen and oxygen atoms in total. The normalized spacial score (nSPS) is 11.1. The summed E-state index contributed by atoms with van der Waals surface area (Å²) >= 11 is 0. The highest BCUT2D eigenvalue weighted by Gasteiger charge is 2.13. The van der Waals surface area contributed by atoms with Crippen molar-refractivity contribution in [3.8, 4) is 5.75 Å². The summed E-state index contributed by atoms with van der Waals surface area (Å²) in [6.45, 7) is 9.09. The highest BCUT2D eigenvalue weighted by atomic mass is 16.5. The van der Waals surface area contributed by atoms with Gasteiger partial charge in [0.05, 0.1) is 0 Å². The summed E-state index contributed by atoms with van der Waals surface area (Å²) in [6.07, 6.45) is 0.508. The molecule has 0 saturated carbocycles. The summed E-state index contributed by atoms with van der Waals surface area (Å²) in [5, 5.41) is 2.66. The molecular formula is C14H21NO2. The monoisotopic (exact) mass is 235 g/mol. The largest absolute Gasteiger partial charge is 0.412 e. The van der Waals surface area contributed by atoms with Crippen LogP contribution >= 0.6 is 0 Å². The molecule has 0 aliphatic carbocycles. The Kier molecular flexibility index (Phi) is 4.55. The fraction of sp³-hybridized carbons (Fsp3) is 0.500. The maximum Gasteiger partial charge on any atom is 0.412 e. The van der Waals surface area contributed by atoms with E-state index >= 15 is 0 Å². The Balaban J connectivity index is 2.60. The number of hydrogen-bond donors (Lipinski definition) is 1. The Morgan fingerprint density at radius 2 is 1.82 bits per heavy atom. The van der Waals surface area contributed by atoms with E-state index in [1.807, 2.05) is 31.2 Å². The zero-order valence-corrected chi connectivity index (χ0v) is 11.0. The number of hydrogen-bond acceptors (Lipinski definition) is 2. The van der Waals surface area contributed by atoms with E-state index in [0.717, 1.165) is 6.42 Å². The molecule has 0 spiro atoms. The molecule has 17 heavy (non-hydrogen) atoms. The van der Waals surface area contributed by atoms with Crippen molar-refractivity contribution in [3.63, 3.8) is 0 Å². The first-order valence-corrected chi connectivity index (χ1v) is 5.99. The van der Waals surface area contributed by atoms with Crippen LogP contribution in [0.1, 0.15) is 39.7 Å². The van der Waals surface area contributed by atoms with Crippen molar-refractivity contribution in [2.75, 3.05) is 6.54 Å². The van der Waals surface area contributed by atoms with Crippen molar-refractivity contribution in [2.45, 2.75) is 39.5 Å². The van der Waals surface area contributed by atoms with Gasteiger partial charge in [-0.1, -0.05) is 39.8 Å². The van der Waals surface area contributed by atoms with E-state index in [1.165, 1.54) is 5.56 Å². The summed E-state index contributed by atoms with van der Waals surface area (Å²) in [5.74, 6) is 0.576. The second-order valence-electron chi connectivity index (χ2n) is 5.09. The molecule has 0 atom stereocenters. The molecule has 3 heteroatoms. The Morgan fingerprint density at radius 3 is 2.29 bits per heavy atom. The molecule has 1 N–H and O–H groups in total. The maximum atomic E-state index is 11.3. The quantitative estimate of drug-likeness (QED) is 0.871. The molecule has 0 heterocycles. The van der Waals surface area contributed by atoms with Gasteiger partial charge in [0.2, 0.25) is 0 Å². The summed E-state index contributed by atoms with van der Waals surface area (Å²) < 4.78 is 5.13. The van der Waals surface area contributed by atoms with Crippen LogP contribution in [0, 0.1) is 0 Å². The average Bonchev–Trinajstić information content (AvgIpc) is 2.26. The predicted octanol–water partition coefficient (Wildman–Crippen LogP) is 3.48. The zero-order chi connectivity index (χ0) is 12.9. The van der Waals surface area contributed by atoms with Gasteiger partial charge >= 0.3 is 6.09 Å². The molecule has 0 fully saturated rings. The van der Waals surface area contributed by atoms with Gasteiger partial charge in [-0.05, 0) is 29.5 Å². The van der Waals surface area contributed by atoms with Gasteiger partial charge in [0.15, 0.2) is 0 Å². The lowest BCUT2D eigenvalue weighted by molar-refractivity contribution is 0.200. The Bertz CT molecular complexity index is 363. The van der Waals surface area contributed by atoms with Gasteiger partial charge in [-0.3, -0.25) is 0 Å². The van der Waals surface area contributed by atoms with Crippen LogP contribution < -0.4 is 10.1 Å².